The number of likely N-dealkylation sites (tertiary alicyclic amines) is 1. The van der Waals surface area contributed by atoms with Gasteiger partial charge in [0.05, 0.1) is 28.9 Å². The fraction of sp³-hybridized carbons (Fsp3) is 0.634. The number of piperidine rings is 1. The number of sulfone groups is 1. The minimum Gasteiger partial charge on any atom is -0.482 e. The smallest absolute Gasteiger partial charge is 0.308 e. The molecule has 2 aliphatic rings. The van der Waals surface area contributed by atoms with E-state index in [2.05, 4.69) is 25.8 Å². The molecule has 1 aromatic carbocycles. The molecule has 13 nitrogen and oxygen atoms in total. The topological polar surface area (TPSA) is 173 Å². The van der Waals surface area contributed by atoms with Crippen LogP contribution >= 0.6 is 0 Å². The molecule has 1 aromatic heterocycles. The molecule has 0 bridgehead atoms. The van der Waals surface area contributed by atoms with E-state index in [0.29, 0.717) is 30.6 Å². The first-order chi connectivity index (χ1) is 25.7. The number of ether oxygens (including phenoxy) is 2. The summed E-state index contributed by atoms with van der Waals surface area (Å²) in [4.78, 5) is 61.2. The van der Waals surface area contributed by atoms with Crippen LogP contribution in [-0.4, -0.2) is 102 Å². The van der Waals surface area contributed by atoms with Crippen molar-refractivity contribution >= 4 is 33.5 Å². The summed E-state index contributed by atoms with van der Waals surface area (Å²) in [6.45, 7) is 12.3. The largest absolute Gasteiger partial charge is 0.482 e. The molecule has 1 aliphatic heterocycles. The Morgan fingerprint density at radius 3 is 2.22 bits per heavy atom. The highest BCUT2D eigenvalue weighted by atomic mass is 32.2. The van der Waals surface area contributed by atoms with Crippen molar-refractivity contribution in [1.82, 2.24) is 25.8 Å². The number of carbonyl (C=O) groups excluding carboxylic acids is 4. The van der Waals surface area contributed by atoms with E-state index < -0.39 is 74.7 Å². The number of nitrogens with zero attached hydrogens (tertiary/aromatic N) is 2. The van der Waals surface area contributed by atoms with E-state index in [0.717, 1.165) is 37.5 Å². The molecular formula is C41H61N5O8S. The maximum Gasteiger partial charge on any atom is 0.308 e. The van der Waals surface area contributed by atoms with E-state index >= 15 is 0 Å². The van der Waals surface area contributed by atoms with E-state index in [1.165, 1.54) is 20.0 Å². The van der Waals surface area contributed by atoms with Gasteiger partial charge in [0.25, 0.3) is 5.91 Å². The van der Waals surface area contributed by atoms with Crippen LogP contribution in [0.25, 0.3) is 0 Å². The lowest BCUT2D eigenvalue weighted by atomic mass is 9.72. The van der Waals surface area contributed by atoms with Crippen LogP contribution in [0.1, 0.15) is 86.1 Å². The number of nitrogens with one attached hydrogen (secondary N) is 3. The number of esters is 1. The van der Waals surface area contributed by atoms with Gasteiger partial charge in [0.15, 0.2) is 16.4 Å². The lowest BCUT2D eigenvalue weighted by molar-refractivity contribution is -0.158. The van der Waals surface area contributed by atoms with Gasteiger partial charge in [-0.3, -0.25) is 29.1 Å². The number of fused-ring (bicyclic) bond motifs is 1. The van der Waals surface area contributed by atoms with Crippen molar-refractivity contribution in [3.63, 3.8) is 0 Å². The second kappa shape index (κ2) is 18.7. The Kier molecular flexibility index (Phi) is 14.9. The highest BCUT2D eigenvalue weighted by Gasteiger charge is 2.47. The summed E-state index contributed by atoms with van der Waals surface area (Å²) in [5, 5.41) is 8.80. The molecule has 3 N–H and O–H groups in total. The van der Waals surface area contributed by atoms with Crippen molar-refractivity contribution in [3.05, 3.63) is 60.4 Å². The minimum absolute atomic E-state index is 0.0970. The first-order valence-corrected chi connectivity index (χ1v) is 21.3. The van der Waals surface area contributed by atoms with Gasteiger partial charge in [-0.15, -0.1) is 0 Å². The first kappa shape index (κ1) is 43.7. The molecule has 4 rings (SSSR count). The highest BCUT2D eigenvalue weighted by Crippen LogP contribution is 2.39. The van der Waals surface area contributed by atoms with Crippen molar-refractivity contribution in [2.24, 2.45) is 17.8 Å². The van der Waals surface area contributed by atoms with Crippen LogP contribution in [0.15, 0.2) is 54.9 Å². The van der Waals surface area contributed by atoms with Crippen molar-refractivity contribution in [3.8, 4) is 5.75 Å². The summed E-state index contributed by atoms with van der Waals surface area (Å²) in [5.74, 6) is -1.45. The van der Waals surface area contributed by atoms with Crippen molar-refractivity contribution in [1.29, 1.82) is 0 Å². The first-order valence-electron chi connectivity index (χ1n) is 19.4. The zero-order valence-electron chi connectivity index (χ0n) is 33.7. The van der Waals surface area contributed by atoms with Crippen LogP contribution in [0.5, 0.6) is 5.75 Å². The van der Waals surface area contributed by atoms with E-state index in [-0.39, 0.29) is 18.9 Å². The van der Waals surface area contributed by atoms with Crippen molar-refractivity contribution < 1.29 is 37.1 Å². The van der Waals surface area contributed by atoms with Crippen molar-refractivity contribution in [2.45, 2.75) is 122 Å². The molecule has 0 spiro atoms. The number of hydrogen-bond donors (Lipinski definition) is 3. The zero-order chi connectivity index (χ0) is 40.6. The molecule has 1 aliphatic carbocycles. The lowest BCUT2D eigenvalue weighted by Crippen LogP contribution is -2.64. The fourth-order valence-electron chi connectivity index (χ4n) is 7.35. The van der Waals surface area contributed by atoms with Gasteiger partial charge in [0.1, 0.15) is 17.9 Å². The fourth-order valence-corrected chi connectivity index (χ4v) is 7.95. The Morgan fingerprint density at radius 2 is 1.62 bits per heavy atom. The number of amides is 3. The number of pyridine rings is 1. The monoisotopic (exact) mass is 783 g/mol. The summed E-state index contributed by atoms with van der Waals surface area (Å²) < 4.78 is 36.4. The summed E-state index contributed by atoms with van der Waals surface area (Å²) >= 11 is 0. The Hall–Kier alpha value is -4.04. The van der Waals surface area contributed by atoms with E-state index in [9.17, 15) is 27.6 Å². The summed E-state index contributed by atoms with van der Waals surface area (Å²) in [6.07, 6.45) is 8.28. The quantitative estimate of drug-likeness (QED) is 0.212. The number of carbonyl (C=O) groups is 4. The third kappa shape index (κ3) is 12.5. The molecule has 14 heteroatoms. The van der Waals surface area contributed by atoms with Crippen LogP contribution in [0.3, 0.4) is 0 Å². The number of hydrogen-bond acceptors (Lipinski definition) is 10. The van der Waals surface area contributed by atoms with E-state index in [1.54, 1.807) is 32.2 Å². The van der Waals surface area contributed by atoms with Crippen LogP contribution in [0, 0.1) is 17.8 Å². The van der Waals surface area contributed by atoms with Crippen LogP contribution in [-0.2, 0) is 40.2 Å². The van der Waals surface area contributed by atoms with Gasteiger partial charge in [-0.25, -0.2) is 8.42 Å². The predicted octanol–water partition coefficient (Wildman–Crippen LogP) is 3.86. The Balaban J connectivity index is 1.71. The average Bonchev–Trinajstić information content (AvgIpc) is 3.11. The Labute approximate surface area is 327 Å². The van der Waals surface area contributed by atoms with Crippen molar-refractivity contribution in [2.75, 3.05) is 26.0 Å². The van der Waals surface area contributed by atoms with Gasteiger partial charge in [-0.2, -0.15) is 0 Å². The van der Waals surface area contributed by atoms with E-state index in [1.807, 2.05) is 51.1 Å². The van der Waals surface area contributed by atoms with Gasteiger partial charge in [0.2, 0.25) is 11.8 Å². The van der Waals surface area contributed by atoms with Gasteiger partial charge < -0.3 is 25.4 Å². The Bertz CT molecular complexity index is 1710. The number of rotatable bonds is 16. The molecule has 304 valence electrons. The maximum atomic E-state index is 14.5. The molecule has 1 saturated heterocycles. The zero-order valence-corrected chi connectivity index (χ0v) is 34.5. The Morgan fingerprint density at radius 1 is 0.945 bits per heavy atom. The molecule has 6 atom stereocenters. The van der Waals surface area contributed by atoms with Crippen LogP contribution in [0.2, 0.25) is 0 Å². The molecule has 0 radical (unpaired) electrons. The van der Waals surface area contributed by atoms with Gasteiger partial charge in [0, 0.05) is 31.1 Å². The highest BCUT2D eigenvalue weighted by molar-refractivity contribution is 7.92. The normalized spacial score (nSPS) is 21.0. The second-order valence-corrected chi connectivity index (χ2v) is 19.6. The minimum atomic E-state index is -3.93. The molecule has 2 fully saturated rings. The van der Waals surface area contributed by atoms with Gasteiger partial charge >= 0.3 is 5.97 Å². The summed E-state index contributed by atoms with van der Waals surface area (Å²) in [5.41, 5.74) is 0.369. The third-order valence-electron chi connectivity index (χ3n) is 10.8. The molecule has 2 aromatic rings. The van der Waals surface area contributed by atoms with Gasteiger partial charge in [-0.05, 0) is 83.4 Å². The standard InChI is InChI=1S/C41H61N5O8S/c1-27(2)39(50)54-34(25-46-24-30-18-13-12-17-29(30)22-33(46)37(48)45-40(3,4)5)32(21-28-15-10-9-11-16-28)43-38(49)36(41(6,7)55(8,51)52)44-35(47)26-53-31-19-14-20-42-23-31/h9-11,14-16,19-20,23,27,29-30,32-34,36H,12-13,17-18,21-22,24-26H2,1-8H3,(H,43,49)(H,44,47)(H,45,48). The number of aromatic nitrogens is 1. The molecular weight excluding hydrogens is 723 g/mol. The maximum absolute atomic E-state index is 14.5. The molecule has 55 heavy (non-hydrogen) atoms. The average molecular weight is 784 g/mol. The third-order valence-corrected chi connectivity index (χ3v) is 12.9. The molecule has 2 heterocycles. The van der Waals surface area contributed by atoms with E-state index in [4.69, 9.17) is 9.47 Å². The molecule has 1 saturated carbocycles. The van der Waals surface area contributed by atoms with Gasteiger partial charge in [-0.1, -0.05) is 63.4 Å². The molecule has 3 amide bonds. The molecule has 6 unspecified atom stereocenters. The SMILES string of the molecule is CC(C)C(=O)OC(CN1CC2CCCCC2CC1C(=O)NC(C)(C)C)C(Cc1ccccc1)NC(=O)C(NC(=O)COc1cccnc1)C(C)(C)S(C)(=O)=O. The van der Waals surface area contributed by atoms with Crippen LogP contribution < -0.4 is 20.7 Å². The lowest BCUT2D eigenvalue weighted by Gasteiger charge is -2.47. The summed E-state index contributed by atoms with van der Waals surface area (Å²) in [6, 6.07) is 9.71. The second-order valence-electron chi connectivity index (χ2n) is 17.0. The van der Waals surface area contributed by atoms with Crippen LogP contribution in [0.4, 0.5) is 0 Å². The number of benzene rings is 1. The predicted molar refractivity (Wildman–Crippen MR) is 211 cm³/mol. The summed E-state index contributed by atoms with van der Waals surface area (Å²) in [7, 11) is -3.93.